The van der Waals surface area contributed by atoms with E-state index in [1.807, 2.05) is 24.8 Å². The third kappa shape index (κ3) is 5.01. The maximum Gasteiger partial charge on any atom is 0.0271 e. The minimum atomic E-state index is 0.928. The van der Waals surface area contributed by atoms with Crippen LogP contribution in [-0.2, 0) is 19.5 Å². The number of benzene rings is 1. The van der Waals surface area contributed by atoms with E-state index in [-0.39, 0.29) is 0 Å². The average molecular weight is 303 g/mol. The van der Waals surface area contributed by atoms with Crippen LogP contribution in [0.15, 0.2) is 79.4 Å². The molecular formula is C20H21N3. The molecule has 23 heavy (non-hydrogen) atoms. The van der Waals surface area contributed by atoms with Gasteiger partial charge in [0.1, 0.15) is 0 Å². The normalized spacial score (nSPS) is 10.8. The summed E-state index contributed by atoms with van der Waals surface area (Å²) in [7, 11) is 0. The first kappa shape index (κ1) is 15.4. The lowest BCUT2D eigenvalue weighted by molar-refractivity contribution is 0.260. The lowest BCUT2D eigenvalue weighted by Gasteiger charge is -2.22. The highest BCUT2D eigenvalue weighted by Gasteiger charge is 2.07. The first-order chi connectivity index (χ1) is 11.4. The highest BCUT2D eigenvalue weighted by Crippen LogP contribution is 2.11. The molecule has 1 aromatic carbocycles. The predicted octanol–water partition coefficient (Wildman–Crippen LogP) is 3.72. The van der Waals surface area contributed by atoms with E-state index in [0.29, 0.717) is 0 Å². The van der Waals surface area contributed by atoms with E-state index in [0.717, 1.165) is 26.1 Å². The van der Waals surface area contributed by atoms with Crippen molar-refractivity contribution in [3.8, 4) is 0 Å². The van der Waals surface area contributed by atoms with Gasteiger partial charge in [-0.15, -0.1) is 0 Å². The summed E-state index contributed by atoms with van der Waals surface area (Å²) in [6, 6.07) is 19.0. The summed E-state index contributed by atoms with van der Waals surface area (Å²) in [5, 5.41) is 0. The second kappa shape index (κ2) is 8.20. The van der Waals surface area contributed by atoms with Gasteiger partial charge >= 0.3 is 0 Å². The van der Waals surface area contributed by atoms with Gasteiger partial charge < -0.3 is 0 Å². The Bertz CT molecular complexity index is 642. The summed E-state index contributed by atoms with van der Waals surface area (Å²) >= 11 is 0. The monoisotopic (exact) mass is 303 g/mol. The molecule has 3 nitrogen and oxygen atoms in total. The highest BCUT2D eigenvalue weighted by molar-refractivity contribution is 5.16. The van der Waals surface area contributed by atoms with Crippen LogP contribution in [0.4, 0.5) is 0 Å². The largest absolute Gasteiger partial charge is 0.295 e. The topological polar surface area (TPSA) is 29.0 Å². The number of nitrogens with zero attached hydrogens (tertiary/aromatic N) is 3. The summed E-state index contributed by atoms with van der Waals surface area (Å²) in [4.78, 5) is 10.7. The average Bonchev–Trinajstić information content (AvgIpc) is 2.62. The van der Waals surface area contributed by atoms with Crippen molar-refractivity contribution in [2.45, 2.75) is 19.5 Å². The van der Waals surface area contributed by atoms with Crippen molar-refractivity contribution in [3.05, 3.63) is 96.1 Å². The van der Waals surface area contributed by atoms with Crippen molar-refractivity contribution in [1.82, 2.24) is 14.9 Å². The van der Waals surface area contributed by atoms with Gasteiger partial charge in [0.2, 0.25) is 0 Å². The zero-order valence-electron chi connectivity index (χ0n) is 13.2. The molecule has 0 unspecified atom stereocenters. The van der Waals surface area contributed by atoms with Crippen LogP contribution >= 0.6 is 0 Å². The number of hydrogen-bond donors (Lipinski definition) is 0. The van der Waals surface area contributed by atoms with Crippen LogP contribution in [0.3, 0.4) is 0 Å². The molecule has 0 aliphatic carbocycles. The predicted molar refractivity (Wildman–Crippen MR) is 92.7 cm³/mol. The zero-order valence-corrected chi connectivity index (χ0v) is 13.2. The Morgan fingerprint density at radius 2 is 1.13 bits per heavy atom. The molecule has 0 saturated heterocycles. The van der Waals surface area contributed by atoms with Gasteiger partial charge in [0, 0.05) is 44.4 Å². The van der Waals surface area contributed by atoms with Gasteiger partial charge in [0.15, 0.2) is 0 Å². The van der Waals surface area contributed by atoms with Gasteiger partial charge in [-0.2, -0.15) is 0 Å². The van der Waals surface area contributed by atoms with Crippen molar-refractivity contribution in [2.24, 2.45) is 0 Å². The highest BCUT2D eigenvalue weighted by atomic mass is 15.1. The molecule has 0 amide bonds. The number of aromatic nitrogens is 2. The molecule has 2 heterocycles. The van der Waals surface area contributed by atoms with Crippen molar-refractivity contribution >= 4 is 0 Å². The Morgan fingerprint density at radius 3 is 1.65 bits per heavy atom. The smallest absolute Gasteiger partial charge is 0.0271 e. The van der Waals surface area contributed by atoms with E-state index in [4.69, 9.17) is 0 Å². The molecule has 116 valence electrons. The second-order valence-corrected chi connectivity index (χ2v) is 5.66. The number of pyridine rings is 2. The Labute approximate surface area is 137 Å². The van der Waals surface area contributed by atoms with E-state index in [1.165, 1.54) is 16.7 Å². The van der Waals surface area contributed by atoms with Crippen molar-refractivity contribution in [2.75, 3.05) is 6.54 Å². The Hall–Kier alpha value is -2.52. The molecule has 3 rings (SSSR count). The van der Waals surface area contributed by atoms with Crippen LogP contribution in [0.2, 0.25) is 0 Å². The Kier molecular flexibility index (Phi) is 5.48. The van der Waals surface area contributed by atoms with E-state index in [9.17, 15) is 0 Å². The Balaban J connectivity index is 1.67. The van der Waals surface area contributed by atoms with Crippen molar-refractivity contribution in [1.29, 1.82) is 0 Å². The molecule has 0 atom stereocenters. The van der Waals surface area contributed by atoms with Crippen LogP contribution in [0.1, 0.15) is 16.7 Å². The number of hydrogen-bond acceptors (Lipinski definition) is 3. The molecule has 0 aliphatic heterocycles. The first-order valence-electron chi connectivity index (χ1n) is 7.94. The second-order valence-electron chi connectivity index (χ2n) is 5.66. The molecule has 0 saturated carbocycles. The Morgan fingerprint density at radius 1 is 0.609 bits per heavy atom. The summed E-state index contributed by atoms with van der Waals surface area (Å²) in [5.41, 5.74) is 3.96. The minimum Gasteiger partial charge on any atom is -0.295 e. The van der Waals surface area contributed by atoms with Gasteiger partial charge in [0.25, 0.3) is 0 Å². The van der Waals surface area contributed by atoms with E-state index in [1.54, 1.807) is 0 Å². The van der Waals surface area contributed by atoms with Gasteiger partial charge in [-0.25, -0.2) is 0 Å². The fraction of sp³-hybridized carbons (Fsp3) is 0.200. The quantitative estimate of drug-likeness (QED) is 0.666. The van der Waals surface area contributed by atoms with Crippen LogP contribution in [0.25, 0.3) is 0 Å². The lowest BCUT2D eigenvalue weighted by atomic mass is 10.1. The van der Waals surface area contributed by atoms with Gasteiger partial charge in [0.05, 0.1) is 0 Å². The first-order valence-corrected chi connectivity index (χ1v) is 7.94. The maximum atomic E-state index is 4.10. The van der Waals surface area contributed by atoms with Crippen molar-refractivity contribution < 1.29 is 0 Å². The molecule has 0 N–H and O–H groups in total. The maximum absolute atomic E-state index is 4.10. The third-order valence-corrected chi connectivity index (χ3v) is 3.87. The molecule has 0 bridgehead atoms. The van der Waals surface area contributed by atoms with E-state index < -0.39 is 0 Å². The van der Waals surface area contributed by atoms with Crippen LogP contribution in [0, 0.1) is 0 Å². The summed E-state index contributed by atoms with van der Waals surface area (Å²) in [6.45, 7) is 2.88. The van der Waals surface area contributed by atoms with E-state index in [2.05, 4.69) is 69.5 Å². The minimum absolute atomic E-state index is 0.928. The van der Waals surface area contributed by atoms with Gasteiger partial charge in [-0.3, -0.25) is 14.9 Å². The zero-order chi connectivity index (χ0) is 15.7. The molecular weight excluding hydrogens is 282 g/mol. The van der Waals surface area contributed by atoms with Crippen LogP contribution in [-0.4, -0.2) is 21.4 Å². The lowest BCUT2D eigenvalue weighted by Crippen LogP contribution is -2.25. The van der Waals surface area contributed by atoms with Gasteiger partial charge in [-0.05, 0) is 47.4 Å². The van der Waals surface area contributed by atoms with Crippen LogP contribution in [0.5, 0.6) is 0 Å². The molecule has 0 radical (unpaired) electrons. The van der Waals surface area contributed by atoms with E-state index >= 15 is 0 Å². The molecule has 0 aliphatic rings. The molecule has 3 heteroatoms. The van der Waals surface area contributed by atoms with Crippen molar-refractivity contribution in [3.63, 3.8) is 0 Å². The SMILES string of the molecule is c1ccc(CCN(Cc2ccncc2)Cc2ccncc2)cc1. The molecule has 0 spiro atoms. The molecule has 0 fully saturated rings. The number of rotatable bonds is 7. The summed E-state index contributed by atoms with van der Waals surface area (Å²) < 4.78 is 0. The standard InChI is InChI=1S/C20H21N3/c1-2-4-18(5-3-1)10-15-23(16-19-6-11-21-12-7-19)17-20-8-13-22-14-9-20/h1-9,11-14H,10,15-17H2. The molecule has 3 aromatic rings. The van der Waals surface area contributed by atoms with Crippen LogP contribution < -0.4 is 0 Å². The fourth-order valence-electron chi connectivity index (χ4n) is 2.64. The third-order valence-electron chi connectivity index (χ3n) is 3.87. The fourth-order valence-corrected chi connectivity index (χ4v) is 2.64. The summed E-state index contributed by atoms with van der Waals surface area (Å²) in [5.74, 6) is 0. The summed E-state index contributed by atoms with van der Waals surface area (Å²) in [6.07, 6.45) is 8.49. The van der Waals surface area contributed by atoms with Gasteiger partial charge in [-0.1, -0.05) is 30.3 Å². The molecule has 2 aromatic heterocycles.